The van der Waals surface area contributed by atoms with Gasteiger partial charge in [0.05, 0.1) is 13.7 Å². The topological polar surface area (TPSA) is 94.6 Å². The summed E-state index contributed by atoms with van der Waals surface area (Å²) in [7, 11) is 1.35. The summed E-state index contributed by atoms with van der Waals surface area (Å²) < 4.78 is 10.2. The summed E-state index contributed by atoms with van der Waals surface area (Å²) in [5.41, 5.74) is 5.78. The third kappa shape index (κ3) is 3.85. The van der Waals surface area contributed by atoms with Crippen LogP contribution in [0.25, 0.3) is 0 Å². The van der Waals surface area contributed by atoms with Crippen LogP contribution < -0.4 is 11.1 Å². The average molecular weight is 294 g/mol. The molecule has 0 spiro atoms. The summed E-state index contributed by atoms with van der Waals surface area (Å²) in [4.78, 5) is 22.6. The van der Waals surface area contributed by atoms with E-state index in [1.54, 1.807) is 13.0 Å². The maximum atomic E-state index is 11.5. The number of methoxy groups -OCH3 is 1. The number of carbonyl (C=O) groups is 2. The van der Waals surface area contributed by atoms with Gasteiger partial charge in [-0.25, -0.2) is 4.79 Å². The predicted octanol–water partition coefficient (Wildman–Crippen LogP) is 1.51. The highest BCUT2D eigenvalue weighted by molar-refractivity contribution is 5.90. The van der Waals surface area contributed by atoms with Gasteiger partial charge < -0.3 is 20.2 Å². The van der Waals surface area contributed by atoms with Crippen molar-refractivity contribution in [1.29, 1.82) is 0 Å². The molecule has 6 nitrogen and oxygen atoms in total. The van der Waals surface area contributed by atoms with Gasteiger partial charge in [0.1, 0.15) is 17.1 Å². The summed E-state index contributed by atoms with van der Waals surface area (Å²) in [6.07, 6.45) is 3.52. The first-order valence-corrected chi connectivity index (χ1v) is 7.21. The lowest BCUT2D eigenvalue weighted by molar-refractivity contribution is -0.122. The number of carbonyl (C=O) groups excluding carboxylic acids is 2. The highest BCUT2D eigenvalue weighted by atomic mass is 16.5. The second kappa shape index (κ2) is 6.76. The van der Waals surface area contributed by atoms with Gasteiger partial charge in [0.25, 0.3) is 0 Å². The molecular weight excluding hydrogens is 272 g/mol. The number of hydrogen-bond donors (Lipinski definition) is 2. The average Bonchev–Trinajstić information content (AvgIpc) is 2.86. The number of aryl methyl sites for hydroxylation is 1. The molecule has 1 aromatic heterocycles. The molecule has 0 unspecified atom stereocenters. The minimum atomic E-state index is -0.385. The van der Waals surface area contributed by atoms with E-state index in [0.717, 1.165) is 25.7 Å². The monoisotopic (exact) mass is 294 g/mol. The number of amides is 1. The van der Waals surface area contributed by atoms with E-state index < -0.39 is 0 Å². The van der Waals surface area contributed by atoms with Gasteiger partial charge in [0, 0.05) is 12.0 Å². The molecule has 116 valence electrons. The van der Waals surface area contributed by atoms with Gasteiger partial charge >= 0.3 is 5.97 Å². The van der Waals surface area contributed by atoms with Crippen molar-refractivity contribution in [2.75, 3.05) is 7.11 Å². The number of primary amides is 1. The normalized spacial score (nSPS) is 22.0. The summed E-state index contributed by atoms with van der Waals surface area (Å²) >= 11 is 0. The van der Waals surface area contributed by atoms with Gasteiger partial charge in [-0.3, -0.25) is 4.79 Å². The molecule has 21 heavy (non-hydrogen) atoms. The van der Waals surface area contributed by atoms with Gasteiger partial charge in [0.15, 0.2) is 0 Å². The summed E-state index contributed by atoms with van der Waals surface area (Å²) in [5, 5.41) is 3.40. The van der Waals surface area contributed by atoms with Gasteiger partial charge in [-0.05, 0) is 38.7 Å². The van der Waals surface area contributed by atoms with Gasteiger partial charge in [-0.15, -0.1) is 0 Å². The lowest BCUT2D eigenvalue weighted by Crippen LogP contribution is -2.36. The van der Waals surface area contributed by atoms with E-state index in [-0.39, 0.29) is 17.8 Å². The van der Waals surface area contributed by atoms with E-state index in [1.165, 1.54) is 7.11 Å². The molecule has 1 amide bonds. The van der Waals surface area contributed by atoms with Crippen molar-refractivity contribution in [2.24, 2.45) is 11.7 Å². The van der Waals surface area contributed by atoms with E-state index in [0.29, 0.717) is 29.7 Å². The SMILES string of the molecule is COC(=O)c1cc(CNC2CCC(C(N)=O)CC2)oc1C. The maximum absolute atomic E-state index is 11.5. The number of rotatable bonds is 5. The Morgan fingerprint density at radius 1 is 1.38 bits per heavy atom. The molecule has 0 aromatic carbocycles. The molecule has 0 saturated heterocycles. The predicted molar refractivity (Wildman–Crippen MR) is 76.6 cm³/mol. The van der Waals surface area contributed by atoms with Crippen LogP contribution in [0.2, 0.25) is 0 Å². The molecule has 0 radical (unpaired) electrons. The van der Waals surface area contributed by atoms with Gasteiger partial charge in [-0.2, -0.15) is 0 Å². The molecule has 1 aliphatic rings. The summed E-state index contributed by atoms with van der Waals surface area (Å²) in [5.74, 6) is 0.711. The largest absolute Gasteiger partial charge is 0.465 e. The van der Waals surface area contributed by atoms with Crippen LogP contribution in [0, 0.1) is 12.8 Å². The van der Waals surface area contributed by atoms with Crippen molar-refractivity contribution in [1.82, 2.24) is 5.32 Å². The minimum absolute atomic E-state index is 0.0137. The fraction of sp³-hybridized carbons (Fsp3) is 0.600. The van der Waals surface area contributed by atoms with Crippen LogP contribution in [0.5, 0.6) is 0 Å². The highest BCUT2D eigenvalue weighted by Crippen LogP contribution is 2.24. The molecule has 0 bridgehead atoms. The van der Waals surface area contributed by atoms with E-state index in [1.807, 2.05) is 0 Å². The molecule has 6 heteroatoms. The number of nitrogens with two attached hydrogens (primary N) is 1. The molecule has 3 N–H and O–H groups in total. The Balaban J connectivity index is 1.84. The zero-order valence-corrected chi connectivity index (χ0v) is 12.5. The van der Waals surface area contributed by atoms with Crippen molar-refractivity contribution in [3.05, 3.63) is 23.2 Å². The first-order chi connectivity index (χ1) is 10.0. The smallest absolute Gasteiger partial charge is 0.341 e. The second-order valence-electron chi connectivity index (χ2n) is 5.51. The van der Waals surface area contributed by atoms with Crippen LogP contribution in [0.1, 0.15) is 47.6 Å². The first kappa shape index (κ1) is 15.6. The summed E-state index contributed by atoms with van der Waals surface area (Å²) in [6, 6.07) is 2.07. The standard InChI is InChI=1S/C15H22N2O4/c1-9-13(15(19)20-2)7-12(21-9)8-17-11-5-3-10(4-6-11)14(16)18/h7,10-11,17H,3-6,8H2,1-2H3,(H2,16,18). The Morgan fingerprint density at radius 3 is 2.62 bits per heavy atom. The van der Waals surface area contributed by atoms with E-state index in [2.05, 4.69) is 5.32 Å². The second-order valence-corrected chi connectivity index (χ2v) is 5.51. The molecule has 1 aliphatic carbocycles. The van der Waals surface area contributed by atoms with E-state index in [9.17, 15) is 9.59 Å². The lowest BCUT2D eigenvalue weighted by Gasteiger charge is -2.27. The number of esters is 1. The van der Waals surface area contributed by atoms with Crippen LogP contribution in [-0.2, 0) is 16.1 Å². The zero-order chi connectivity index (χ0) is 15.4. The van der Waals surface area contributed by atoms with Crippen molar-refractivity contribution in [3.8, 4) is 0 Å². The van der Waals surface area contributed by atoms with Crippen LogP contribution >= 0.6 is 0 Å². The fourth-order valence-electron chi connectivity index (χ4n) is 2.77. The Kier molecular flexibility index (Phi) is 5.01. The van der Waals surface area contributed by atoms with Crippen LogP contribution in [-0.4, -0.2) is 25.0 Å². The minimum Gasteiger partial charge on any atom is -0.465 e. The third-order valence-corrected chi connectivity index (χ3v) is 4.07. The Morgan fingerprint density at radius 2 is 2.05 bits per heavy atom. The fourth-order valence-corrected chi connectivity index (χ4v) is 2.77. The van der Waals surface area contributed by atoms with Gasteiger partial charge in [-0.1, -0.05) is 0 Å². The van der Waals surface area contributed by atoms with E-state index in [4.69, 9.17) is 14.9 Å². The van der Waals surface area contributed by atoms with Crippen molar-refractivity contribution in [3.63, 3.8) is 0 Å². The molecular formula is C15H22N2O4. The number of hydrogen-bond acceptors (Lipinski definition) is 5. The zero-order valence-electron chi connectivity index (χ0n) is 12.5. The van der Waals surface area contributed by atoms with E-state index >= 15 is 0 Å². The molecule has 1 fully saturated rings. The molecule has 1 heterocycles. The molecule has 2 rings (SSSR count). The van der Waals surface area contributed by atoms with Crippen LogP contribution in [0.15, 0.2) is 10.5 Å². The van der Waals surface area contributed by atoms with Crippen LogP contribution in [0.3, 0.4) is 0 Å². The number of nitrogens with one attached hydrogen (secondary N) is 1. The van der Waals surface area contributed by atoms with Gasteiger partial charge in [0.2, 0.25) is 5.91 Å². The molecule has 0 aliphatic heterocycles. The van der Waals surface area contributed by atoms with Crippen molar-refractivity contribution in [2.45, 2.75) is 45.2 Å². The Hall–Kier alpha value is -1.82. The maximum Gasteiger partial charge on any atom is 0.341 e. The Labute approximate surface area is 124 Å². The number of furan rings is 1. The summed E-state index contributed by atoms with van der Waals surface area (Å²) in [6.45, 7) is 2.30. The van der Waals surface area contributed by atoms with Crippen LogP contribution in [0.4, 0.5) is 0 Å². The number of ether oxygens (including phenoxy) is 1. The quantitative estimate of drug-likeness (QED) is 0.803. The molecule has 1 aromatic rings. The molecule has 0 atom stereocenters. The third-order valence-electron chi connectivity index (χ3n) is 4.07. The Bertz CT molecular complexity index is 516. The van der Waals surface area contributed by atoms with Crippen molar-refractivity contribution < 1.29 is 18.7 Å². The molecule has 1 saturated carbocycles. The highest BCUT2D eigenvalue weighted by Gasteiger charge is 2.24. The van der Waals surface area contributed by atoms with Crippen molar-refractivity contribution >= 4 is 11.9 Å². The lowest BCUT2D eigenvalue weighted by atomic mass is 9.85. The first-order valence-electron chi connectivity index (χ1n) is 7.21.